The zero-order chi connectivity index (χ0) is 28.6. The molecule has 33 heavy (non-hydrogen) atoms. The SMILES string of the molecule is CC(C)O.CC(C)O.CC(C)O.CC(C)O.CC(C)[O-].CC(C)[O-].CC(C)[O-].CC(C)[O-].[Ti+4]. The summed E-state index contributed by atoms with van der Waals surface area (Å²) in [4.78, 5) is 0. The van der Waals surface area contributed by atoms with Crippen LogP contribution >= 0.6 is 0 Å². The molecule has 4 N–H and O–H groups in total. The molecular weight excluding hydrogens is 464 g/mol. The molecule has 0 spiro atoms. The molecule has 0 aliphatic heterocycles. The minimum Gasteiger partial charge on any atom is -0.852 e. The Balaban J connectivity index is -0.0000000284. The average Bonchev–Trinajstić information content (AvgIpc) is 2.30. The van der Waals surface area contributed by atoms with Crippen molar-refractivity contribution in [3.63, 3.8) is 0 Å². The first-order valence-corrected chi connectivity index (χ1v) is 11.2. The van der Waals surface area contributed by atoms with Gasteiger partial charge in [-0.1, -0.05) is 55.4 Å². The van der Waals surface area contributed by atoms with Gasteiger partial charge in [0.15, 0.2) is 0 Å². The summed E-state index contributed by atoms with van der Waals surface area (Å²) in [5, 5.41) is 70.3. The van der Waals surface area contributed by atoms with Gasteiger partial charge in [-0.15, -0.1) is 24.4 Å². The van der Waals surface area contributed by atoms with Crippen LogP contribution in [-0.4, -0.2) is 69.3 Å². The van der Waals surface area contributed by atoms with Crippen LogP contribution in [0.2, 0.25) is 0 Å². The summed E-state index contributed by atoms with van der Waals surface area (Å²) in [6.45, 7) is 26.7. The molecule has 0 aromatic carbocycles. The van der Waals surface area contributed by atoms with E-state index >= 15 is 0 Å². The van der Waals surface area contributed by atoms with Crippen LogP contribution in [-0.2, 0) is 21.7 Å². The number of hydrogen-bond acceptors (Lipinski definition) is 8. The van der Waals surface area contributed by atoms with E-state index in [1.54, 1.807) is 111 Å². The van der Waals surface area contributed by atoms with Crippen molar-refractivity contribution in [3.8, 4) is 0 Å². The largest absolute Gasteiger partial charge is 4.00 e. The van der Waals surface area contributed by atoms with Crippen LogP contribution in [0.25, 0.3) is 0 Å². The summed E-state index contributed by atoms with van der Waals surface area (Å²) < 4.78 is 0. The van der Waals surface area contributed by atoms with Crippen molar-refractivity contribution < 1.29 is 62.6 Å². The Labute approximate surface area is 222 Å². The Kier molecular flexibility index (Phi) is 95.7. The Morgan fingerprint density at radius 1 is 0.303 bits per heavy atom. The van der Waals surface area contributed by atoms with Gasteiger partial charge in [0, 0.05) is 24.4 Å². The van der Waals surface area contributed by atoms with E-state index in [4.69, 9.17) is 20.4 Å². The minimum absolute atomic E-state index is 0. The second-order valence-corrected chi connectivity index (χ2v) is 8.57. The van der Waals surface area contributed by atoms with Crippen molar-refractivity contribution in [2.45, 2.75) is 160 Å². The maximum atomic E-state index is 9.53. The topological polar surface area (TPSA) is 173 Å². The van der Waals surface area contributed by atoms with Gasteiger partial charge < -0.3 is 40.9 Å². The maximum absolute atomic E-state index is 9.53. The quantitative estimate of drug-likeness (QED) is 0.333. The van der Waals surface area contributed by atoms with Gasteiger partial charge in [-0.2, -0.15) is 0 Å². The number of aliphatic hydroxyl groups is 4. The first-order valence-electron chi connectivity index (χ1n) is 11.2. The van der Waals surface area contributed by atoms with E-state index in [-0.39, 0.29) is 46.1 Å². The van der Waals surface area contributed by atoms with E-state index in [0.29, 0.717) is 0 Å². The number of rotatable bonds is 0. The molecule has 0 heterocycles. The van der Waals surface area contributed by atoms with Crippen LogP contribution in [0.4, 0.5) is 0 Å². The Morgan fingerprint density at radius 2 is 0.303 bits per heavy atom. The van der Waals surface area contributed by atoms with E-state index in [0.717, 1.165) is 0 Å². The zero-order valence-electron chi connectivity index (χ0n) is 24.5. The Hall–Kier alpha value is 0.394. The number of aliphatic hydroxyl groups excluding tert-OH is 4. The molecule has 9 heteroatoms. The van der Waals surface area contributed by atoms with Gasteiger partial charge in [-0.05, 0) is 55.4 Å². The van der Waals surface area contributed by atoms with E-state index in [2.05, 4.69) is 0 Å². The first-order chi connectivity index (χ1) is 13.9. The molecule has 0 unspecified atom stereocenters. The summed E-state index contributed by atoms with van der Waals surface area (Å²) in [7, 11) is 0. The Morgan fingerprint density at radius 3 is 0.303 bits per heavy atom. The monoisotopic (exact) mass is 524 g/mol. The van der Waals surface area contributed by atoms with Crippen LogP contribution in [0.15, 0.2) is 0 Å². The average molecular weight is 525 g/mol. The third kappa shape index (κ3) is 192000. The number of hydrogen-bond donors (Lipinski definition) is 4. The fourth-order valence-corrected chi connectivity index (χ4v) is 0. The van der Waals surface area contributed by atoms with Gasteiger partial charge in [0.25, 0.3) is 0 Å². The standard InChI is InChI=1S/4C3H8O.4C3H7O.Ti/c8*1-3(2)4;/h4*3-4H,1-2H3;4*3H,1-2H3;/q;;;;4*-1;+4. The second kappa shape index (κ2) is 53.7. The zero-order valence-corrected chi connectivity index (χ0v) is 26.1. The van der Waals surface area contributed by atoms with Crippen molar-refractivity contribution in [3.05, 3.63) is 0 Å². The molecule has 0 fully saturated rings. The van der Waals surface area contributed by atoms with E-state index in [9.17, 15) is 20.4 Å². The molecule has 0 saturated carbocycles. The summed E-state index contributed by atoms with van der Waals surface area (Å²) in [5.41, 5.74) is 0. The fourth-order valence-electron chi connectivity index (χ4n) is 0. The Bertz CT molecular complexity index is 142. The van der Waals surface area contributed by atoms with Crippen LogP contribution in [0.5, 0.6) is 0 Å². The van der Waals surface area contributed by atoms with Crippen LogP contribution in [0, 0.1) is 0 Å². The van der Waals surface area contributed by atoms with Crippen molar-refractivity contribution in [2.75, 3.05) is 0 Å². The molecule has 0 amide bonds. The summed E-state index contributed by atoms with van der Waals surface area (Å²) in [6, 6.07) is 0. The minimum atomic E-state index is -0.417. The van der Waals surface area contributed by atoms with E-state index in [1.807, 2.05) is 0 Å². The van der Waals surface area contributed by atoms with Crippen molar-refractivity contribution in [2.24, 2.45) is 0 Å². The van der Waals surface area contributed by atoms with Gasteiger partial charge >= 0.3 is 21.7 Å². The van der Waals surface area contributed by atoms with Crippen LogP contribution < -0.4 is 20.4 Å². The van der Waals surface area contributed by atoms with Gasteiger partial charge in [0.2, 0.25) is 0 Å². The molecule has 0 saturated heterocycles. The van der Waals surface area contributed by atoms with Crippen molar-refractivity contribution in [1.82, 2.24) is 0 Å². The molecule has 0 bridgehead atoms. The summed E-state index contributed by atoms with van der Waals surface area (Å²) >= 11 is 0. The first kappa shape index (κ1) is 58.9. The second-order valence-electron chi connectivity index (χ2n) is 8.57. The molecular formula is C24H60O8Ti. The van der Waals surface area contributed by atoms with E-state index < -0.39 is 24.4 Å². The molecule has 0 aromatic heterocycles. The van der Waals surface area contributed by atoms with Gasteiger partial charge in [-0.25, -0.2) is 0 Å². The molecule has 0 aromatic rings. The molecule has 0 aliphatic rings. The predicted molar refractivity (Wildman–Crippen MR) is 130 cm³/mol. The smallest absolute Gasteiger partial charge is 0.852 e. The maximum Gasteiger partial charge on any atom is 4.00 e. The van der Waals surface area contributed by atoms with Gasteiger partial charge in [0.1, 0.15) is 0 Å². The molecule has 0 aliphatic carbocycles. The van der Waals surface area contributed by atoms with Crippen LogP contribution in [0.3, 0.4) is 0 Å². The third-order valence-electron chi connectivity index (χ3n) is 0. The summed E-state index contributed by atoms with van der Waals surface area (Å²) in [6.07, 6.45) is -2.33. The molecule has 0 atom stereocenters. The van der Waals surface area contributed by atoms with Crippen molar-refractivity contribution >= 4 is 0 Å². The van der Waals surface area contributed by atoms with Gasteiger partial charge in [0.05, 0.1) is 0 Å². The third-order valence-corrected chi connectivity index (χ3v) is 0. The fraction of sp³-hybridized carbons (Fsp3) is 1.00. The summed E-state index contributed by atoms with van der Waals surface area (Å²) in [5.74, 6) is 0. The van der Waals surface area contributed by atoms with Crippen LogP contribution in [0.1, 0.15) is 111 Å². The van der Waals surface area contributed by atoms with Crippen molar-refractivity contribution in [1.29, 1.82) is 0 Å². The van der Waals surface area contributed by atoms with Gasteiger partial charge in [-0.3, -0.25) is 0 Å². The normalized spacial score (nSPS) is 8.73. The predicted octanol–water partition coefficient (Wildman–Crippen LogP) is 0.566. The molecule has 0 rings (SSSR count). The molecule has 8 nitrogen and oxygen atoms in total. The molecule has 208 valence electrons. The van der Waals surface area contributed by atoms with E-state index in [1.165, 1.54) is 0 Å². The molecule has 0 radical (unpaired) electrons.